The minimum absolute atomic E-state index is 0.218. The predicted molar refractivity (Wildman–Crippen MR) is 92.4 cm³/mol. The van der Waals surface area contributed by atoms with Gasteiger partial charge in [0.05, 0.1) is 11.8 Å². The molecule has 4 rings (SSSR count). The fourth-order valence-electron chi connectivity index (χ4n) is 3.57. The Morgan fingerprint density at radius 3 is 3.04 bits per heavy atom. The van der Waals surface area contributed by atoms with E-state index >= 15 is 0 Å². The Balaban J connectivity index is 1.92. The Bertz CT molecular complexity index is 1010. The molecule has 1 N–H and O–H groups in total. The molecule has 3 aromatic rings. The molecule has 0 radical (unpaired) electrons. The maximum Gasteiger partial charge on any atom is 0.347 e. The molecule has 0 aliphatic carbocycles. The normalized spacial score (nSPS) is 16.8. The van der Waals surface area contributed by atoms with Gasteiger partial charge in [-0.15, -0.1) is 11.3 Å². The average Bonchev–Trinajstić information content (AvgIpc) is 3.17. The monoisotopic (exact) mass is 337 g/mol. The molecule has 0 amide bonds. The van der Waals surface area contributed by atoms with Gasteiger partial charge in [-0.2, -0.15) is 5.26 Å². The van der Waals surface area contributed by atoms with Crippen molar-refractivity contribution in [3.05, 3.63) is 40.5 Å². The van der Waals surface area contributed by atoms with Gasteiger partial charge >= 0.3 is 5.97 Å². The highest BCUT2D eigenvalue weighted by molar-refractivity contribution is 7.16. The number of benzene rings is 1. The number of aromatic nitrogens is 2. The summed E-state index contributed by atoms with van der Waals surface area (Å²) in [6.07, 6.45) is 4.54. The quantitative estimate of drug-likeness (QED) is 0.759. The zero-order valence-corrected chi connectivity index (χ0v) is 13.9. The number of fused-ring (bicyclic) bond motifs is 3. The van der Waals surface area contributed by atoms with E-state index in [0.29, 0.717) is 11.0 Å². The van der Waals surface area contributed by atoms with E-state index in [1.807, 2.05) is 18.2 Å². The number of carbonyl (C=O) groups is 1. The molecule has 0 fully saturated rings. The number of nitrogens with zero attached hydrogens (tertiary/aromatic N) is 3. The van der Waals surface area contributed by atoms with Crippen LogP contribution in [0.5, 0.6) is 0 Å². The lowest BCUT2D eigenvalue weighted by Crippen LogP contribution is -2.14. The number of rotatable bonds is 2. The van der Waals surface area contributed by atoms with Gasteiger partial charge in [0, 0.05) is 28.2 Å². The van der Waals surface area contributed by atoms with Crippen LogP contribution >= 0.6 is 11.3 Å². The van der Waals surface area contributed by atoms with Crippen molar-refractivity contribution < 1.29 is 9.90 Å². The molecular weight excluding hydrogens is 322 g/mol. The first-order valence-corrected chi connectivity index (χ1v) is 8.68. The number of carboxylic acids is 1. The Hall–Kier alpha value is -2.65. The lowest BCUT2D eigenvalue weighted by Gasteiger charge is -2.23. The maximum absolute atomic E-state index is 11.1. The maximum atomic E-state index is 11.1. The van der Waals surface area contributed by atoms with E-state index in [1.54, 1.807) is 0 Å². The van der Waals surface area contributed by atoms with Crippen molar-refractivity contribution >= 4 is 28.2 Å². The smallest absolute Gasteiger partial charge is 0.347 e. The van der Waals surface area contributed by atoms with E-state index in [4.69, 9.17) is 5.11 Å². The third-order valence-electron chi connectivity index (χ3n) is 4.66. The summed E-state index contributed by atoms with van der Waals surface area (Å²) in [5.74, 6) is -0.967. The molecule has 6 heteroatoms. The summed E-state index contributed by atoms with van der Waals surface area (Å²) in [5.41, 5.74) is 3.79. The highest BCUT2D eigenvalue weighted by atomic mass is 32.1. The Morgan fingerprint density at radius 1 is 1.50 bits per heavy atom. The topological polar surface area (TPSA) is 78.9 Å². The van der Waals surface area contributed by atoms with Crippen molar-refractivity contribution in [3.63, 3.8) is 0 Å². The molecule has 5 nitrogen and oxygen atoms in total. The summed E-state index contributed by atoms with van der Waals surface area (Å²) in [6, 6.07) is 8.72. The fraction of sp³-hybridized carbons (Fsp3) is 0.278. The summed E-state index contributed by atoms with van der Waals surface area (Å²) in [4.78, 5) is 15.5. The summed E-state index contributed by atoms with van der Waals surface area (Å²) >= 11 is 1.15. The minimum atomic E-state index is -0.967. The second kappa shape index (κ2) is 5.46. The van der Waals surface area contributed by atoms with Crippen molar-refractivity contribution in [2.24, 2.45) is 0 Å². The largest absolute Gasteiger partial charge is 0.477 e. The van der Waals surface area contributed by atoms with E-state index in [0.717, 1.165) is 58.3 Å². The van der Waals surface area contributed by atoms with Crippen LogP contribution in [0.4, 0.5) is 0 Å². The van der Waals surface area contributed by atoms with Crippen LogP contribution in [0.3, 0.4) is 0 Å². The van der Waals surface area contributed by atoms with E-state index in [9.17, 15) is 10.1 Å². The van der Waals surface area contributed by atoms with Crippen LogP contribution in [-0.4, -0.2) is 20.6 Å². The lowest BCUT2D eigenvalue weighted by molar-refractivity contribution is 0.0702. The van der Waals surface area contributed by atoms with Crippen molar-refractivity contribution in [1.82, 2.24) is 9.55 Å². The van der Waals surface area contributed by atoms with E-state index in [2.05, 4.69) is 22.5 Å². The fourth-order valence-corrected chi connectivity index (χ4v) is 4.33. The third-order valence-corrected chi connectivity index (χ3v) is 5.69. The third kappa shape index (κ3) is 2.13. The van der Waals surface area contributed by atoms with E-state index in [1.165, 1.54) is 6.20 Å². The average molecular weight is 337 g/mol. The Labute approximate surface area is 142 Å². The zero-order chi connectivity index (χ0) is 16.8. The molecule has 0 saturated carbocycles. The molecule has 0 bridgehead atoms. The SMILES string of the molecule is CC1CCCc2c(C#N)c3cc(-c4ncc(C(=O)O)s4)ccc3n21. The van der Waals surface area contributed by atoms with Crippen molar-refractivity contribution in [1.29, 1.82) is 5.26 Å². The summed E-state index contributed by atoms with van der Waals surface area (Å²) in [5, 5.41) is 20.3. The van der Waals surface area contributed by atoms with Crippen molar-refractivity contribution in [3.8, 4) is 16.6 Å². The molecule has 0 saturated heterocycles. The molecule has 24 heavy (non-hydrogen) atoms. The van der Waals surface area contributed by atoms with Crippen LogP contribution < -0.4 is 0 Å². The van der Waals surface area contributed by atoms with Crippen LogP contribution in [0.25, 0.3) is 21.5 Å². The van der Waals surface area contributed by atoms with Crippen LogP contribution in [0.2, 0.25) is 0 Å². The second-order valence-electron chi connectivity index (χ2n) is 6.11. The predicted octanol–water partition coefficient (Wildman–Crippen LogP) is 4.23. The van der Waals surface area contributed by atoms with E-state index in [-0.39, 0.29) is 4.88 Å². The van der Waals surface area contributed by atoms with Gasteiger partial charge in [0.25, 0.3) is 0 Å². The van der Waals surface area contributed by atoms with Gasteiger partial charge in [0.1, 0.15) is 16.0 Å². The Morgan fingerprint density at radius 2 is 2.33 bits per heavy atom. The molecule has 1 aliphatic heterocycles. The van der Waals surface area contributed by atoms with Crippen molar-refractivity contribution in [2.75, 3.05) is 0 Å². The Kier molecular flexibility index (Phi) is 3.39. The van der Waals surface area contributed by atoms with Crippen LogP contribution in [0, 0.1) is 11.3 Å². The molecule has 2 aromatic heterocycles. The van der Waals surface area contributed by atoms with Gasteiger partial charge in [-0.25, -0.2) is 9.78 Å². The molecule has 1 aliphatic rings. The molecule has 1 aromatic carbocycles. The van der Waals surface area contributed by atoms with Crippen LogP contribution in [-0.2, 0) is 6.42 Å². The summed E-state index contributed by atoms with van der Waals surface area (Å²) < 4.78 is 2.28. The van der Waals surface area contributed by atoms with Gasteiger partial charge in [-0.3, -0.25) is 0 Å². The van der Waals surface area contributed by atoms with Gasteiger partial charge in [0.15, 0.2) is 0 Å². The van der Waals surface area contributed by atoms with E-state index < -0.39 is 5.97 Å². The summed E-state index contributed by atoms with van der Waals surface area (Å²) in [6.45, 7) is 2.19. The molecular formula is C18H15N3O2S. The van der Waals surface area contributed by atoms with Gasteiger partial charge in [0.2, 0.25) is 0 Å². The minimum Gasteiger partial charge on any atom is -0.477 e. The standard InChI is InChI=1S/C18H15N3O2S/c1-10-3-2-4-14-13(8-19)12-7-11(5-6-15(12)21(10)14)17-20-9-16(24-17)18(22)23/h5-7,9-10H,2-4H2,1H3,(H,22,23). The van der Waals surface area contributed by atoms with Crippen molar-refractivity contribution in [2.45, 2.75) is 32.2 Å². The zero-order valence-electron chi connectivity index (χ0n) is 13.1. The number of carboxylic acid groups (broad SMARTS) is 1. The lowest BCUT2D eigenvalue weighted by atomic mass is 10.0. The molecule has 3 heterocycles. The first-order chi connectivity index (χ1) is 11.6. The van der Waals surface area contributed by atoms with Gasteiger partial charge < -0.3 is 9.67 Å². The highest BCUT2D eigenvalue weighted by Crippen LogP contribution is 2.37. The molecule has 1 atom stereocenters. The number of thiazole rings is 1. The van der Waals surface area contributed by atoms with Crippen LogP contribution in [0.1, 0.15) is 46.7 Å². The number of aromatic carboxylic acids is 1. The first-order valence-electron chi connectivity index (χ1n) is 7.86. The number of nitriles is 1. The highest BCUT2D eigenvalue weighted by Gasteiger charge is 2.24. The molecule has 0 spiro atoms. The molecule has 1 unspecified atom stereocenters. The van der Waals surface area contributed by atoms with Crippen LogP contribution in [0.15, 0.2) is 24.4 Å². The molecule has 120 valence electrons. The van der Waals surface area contributed by atoms with Gasteiger partial charge in [-0.1, -0.05) is 0 Å². The number of hydrogen-bond acceptors (Lipinski definition) is 4. The second-order valence-corrected chi connectivity index (χ2v) is 7.14. The number of hydrogen-bond donors (Lipinski definition) is 1. The first kappa shape index (κ1) is 14.9. The van der Waals surface area contributed by atoms with Gasteiger partial charge in [-0.05, 0) is 44.4 Å². The summed E-state index contributed by atoms with van der Waals surface area (Å²) in [7, 11) is 0.